The standard InChI is InChI=1S/C17H21N3O2/c1-12-9-16(20(2)10-13-7-8-22-11-13)19-17(18-12)14-5-3-4-6-15(14)21/h3-6,9,13,21H,7-8,10-11H2,1-2H3/t13-/m0/s1. The van der Waals surface area contributed by atoms with Crippen LogP contribution in [0.5, 0.6) is 5.75 Å². The van der Waals surface area contributed by atoms with Gasteiger partial charge in [0.2, 0.25) is 0 Å². The molecule has 2 aromatic rings. The lowest BCUT2D eigenvalue weighted by molar-refractivity contribution is 0.186. The Labute approximate surface area is 130 Å². The summed E-state index contributed by atoms with van der Waals surface area (Å²) in [7, 11) is 2.04. The van der Waals surface area contributed by atoms with Gasteiger partial charge in [0.05, 0.1) is 12.2 Å². The van der Waals surface area contributed by atoms with E-state index in [9.17, 15) is 5.11 Å². The molecule has 22 heavy (non-hydrogen) atoms. The maximum absolute atomic E-state index is 10.0. The van der Waals surface area contributed by atoms with Crippen LogP contribution in [0.2, 0.25) is 0 Å². The molecule has 0 aliphatic carbocycles. The van der Waals surface area contributed by atoms with Crippen molar-refractivity contribution in [2.75, 3.05) is 31.7 Å². The van der Waals surface area contributed by atoms with Gasteiger partial charge < -0.3 is 14.7 Å². The van der Waals surface area contributed by atoms with Crippen molar-refractivity contribution in [3.05, 3.63) is 36.0 Å². The molecule has 0 spiro atoms. The van der Waals surface area contributed by atoms with Crippen molar-refractivity contribution in [2.24, 2.45) is 5.92 Å². The summed E-state index contributed by atoms with van der Waals surface area (Å²) in [6.07, 6.45) is 1.10. The molecule has 1 aliphatic heterocycles. The van der Waals surface area contributed by atoms with E-state index in [1.165, 1.54) is 0 Å². The number of benzene rings is 1. The maximum Gasteiger partial charge on any atom is 0.165 e. The molecule has 1 aromatic heterocycles. The predicted molar refractivity (Wildman–Crippen MR) is 86.1 cm³/mol. The summed E-state index contributed by atoms with van der Waals surface area (Å²) in [6.45, 7) is 4.53. The second kappa shape index (κ2) is 6.32. The van der Waals surface area contributed by atoms with Gasteiger partial charge in [0.25, 0.3) is 0 Å². The zero-order valence-electron chi connectivity index (χ0n) is 13.0. The predicted octanol–water partition coefficient (Wildman–Crippen LogP) is 2.63. The van der Waals surface area contributed by atoms with E-state index in [1.807, 2.05) is 32.2 Å². The van der Waals surface area contributed by atoms with E-state index in [0.29, 0.717) is 17.3 Å². The van der Waals surface area contributed by atoms with Gasteiger partial charge in [-0.15, -0.1) is 0 Å². The zero-order valence-corrected chi connectivity index (χ0v) is 13.0. The Morgan fingerprint density at radius 2 is 2.14 bits per heavy atom. The topological polar surface area (TPSA) is 58.5 Å². The Morgan fingerprint density at radius 3 is 2.86 bits per heavy atom. The Morgan fingerprint density at radius 1 is 1.32 bits per heavy atom. The average Bonchev–Trinajstić information content (AvgIpc) is 3.00. The maximum atomic E-state index is 10.0. The fourth-order valence-corrected chi connectivity index (χ4v) is 2.74. The van der Waals surface area contributed by atoms with Crippen LogP contribution >= 0.6 is 0 Å². The number of aromatic nitrogens is 2. The van der Waals surface area contributed by atoms with Gasteiger partial charge in [-0.2, -0.15) is 0 Å². The SMILES string of the molecule is Cc1cc(N(C)C[C@@H]2CCOC2)nc(-c2ccccc2O)n1. The minimum Gasteiger partial charge on any atom is -0.507 e. The van der Waals surface area contributed by atoms with E-state index in [2.05, 4.69) is 14.9 Å². The Bertz CT molecular complexity index is 654. The van der Waals surface area contributed by atoms with Crippen molar-refractivity contribution in [2.45, 2.75) is 13.3 Å². The molecule has 2 heterocycles. The number of rotatable bonds is 4. The largest absolute Gasteiger partial charge is 0.507 e. The molecule has 1 aliphatic rings. The molecular weight excluding hydrogens is 278 g/mol. The van der Waals surface area contributed by atoms with Crippen LogP contribution in [0.15, 0.2) is 30.3 Å². The second-order valence-corrected chi connectivity index (χ2v) is 5.82. The minimum atomic E-state index is 0.200. The Hall–Kier alpha value is -2.14. The van der Waals surface area contributed by atoms with Crippen LogP contribution in [-0.2, 0) is 4.74 Å². The minimum absolute atomic E-state index is 0.200. The number of aryl methyl sites for hydroxylation is 1. The lowest BCUT2D eigenvalue weighted by atomic mass is 10.1. The van der Waals surface area contributed by atoms with Crippen LogP contribution in [0.25, 0.3) is 11.4 Å². The van der Waals surface area contributed by atoms with Crippen LogP contribution < -0.4 is 4.90 Å². The first kappa shape index (κ1) is 14.8. The second-order valence-electron chi connectivity index (χ2n) is 5.82. The van der Waals surface area contributed by atoms with E-state index in [1.54, 1.807) is 12.1 Å². The third-order valence-electron chi connectivity index (χ3n) is 3.93. The van der Waals surface area contributed by atoms with Crippen molar-refractivity contribution < 1.29 is 9.84 Å². The molecule has 0 radical (unpaired) electrons. The van der Waals surface area contributed by atoms with Gasteiger partial charge in [0.15, 0.2) is 5.82 Å². The highest BCUT2D eigenvalue weighted by Crippen LogP contribution is 2.27. The molecule has 5 nitrogen and oxygen atoms in total. The van der Waals surface area contributed by atoms with Crippen LogP contribution in [0, 0.1) is 12.8 Å². The monoisotopic (exact) mass is 299 g/mol. The number of anilines is 1. The summed E-state index contributed by atoms with van der Waals surface area (Å²) < 4.78 is 5.43. The summed E-state index contributed by atoms with van der Waals surface area (Å²) in [5, 5.41) is 10.0. The highest BCUT2D eigenvalue weighted by Gasteiger charge is 2.19. The molecule has 1 saturated heterocycles. The van der Waals surface area contributed by atoms with Gasteiger partial charge >= 0.3 is 0 Å². The summed E-state index contributed by atoms with van der Waals surface area (Å²) in [5.41, 5.74) is 1.54. The van der Waals surface area contributed by atoms with Gasteiger partial charge in [-0.3, -0.25) is 0 Å². The molecule has 3 rings (SSSR count). The van der Waals surface area contributed by atoms with Crippen LogP contribution in [-0.4, -0.2) is 41.9 Å². The zero-order chi connectivity index (χ0) is 15.5. The number of hydrogen-bond donors (Lipinski definition) is 1. The molecule has 5 heteroatoms. The number of phenolic OH excluding ortho intramolecular Hbond substituents is 1. The summed E-state index contributed by atoms with van der Waals surface area (Å²) in [6, 6.07) is 9.13. The van der Waals surface area contributed by atoms with Gasteiger partial charge in [-0.05, 0) is 25.5 Å². The molecule has 1 aromatic carbocycles. The third-order valence-corrected chi connectivity index (χ3v) is 3.93. The van der Waals surface area contributed by atoms with E-state index >= 15 is 0 Å². The van der Waals surface area contributed by atoms with Crippen LogP contribution in [0.1, 0.15) is 12.1 Å². The molecular formula is C17H21N3O2. The quantitative estimate of drug-likeness (QED) is 0.940. The Balaban J connectivity index is 1.87. The van der Waals surface area contributed by atoms with E-state index in [-0.39, 0.29) is 5.75 Å². The number of nitrogens with zero attached hydrogens (tertiary/aromatic N) is 3. The average molecular weight is 299 g/mol. The fraction of sp³-hybridized carbons (Fsp3) is 0.412. The smallest absolute Gasteiger partial charge is 0.165 e. The van der Waals surface area contributed by atoms with Crippen molar-refractivity contribution in [1.29, 1.82) is 0 Å². The number of aromatic hydroxyl groups is 1. The molecule has 0 bridgehead atoms. The summed E-state index contributed by atoms with van der Waals surface area (Å²) in [5.74, 6) is 2.18. The van der Waals surface area contributed by atoms with Crippen molar-refractivity contribution >= 4 is 5.82 Å². The molecule has 1 atom stereocenters. The third kappa shape index (κ3) is 3.20. The van der Waals surface area contributed by atoms with Crippen molar-refractivity contribution in [3.8, 4) is 17.1 Å². The van der Waals surface area contributed by atoms with Gasteiger partial charge in [0, 0.05) is 37.9 Å². The number of para-hydroxylation sites is 1. The highest BCUT2D eigenvalue weighted by atomic mass is 16.5. The van der Waals surface area contributed by atoms with Crippen molar-refractivity contribution in [1.82, 2.24) is 9.97 Å². The normalized spacial score (nSPS) is 17.6. The van der Waals surface area contributed by atoms with Gasteiger partial charge in [0.1, 0.15) is 11.6 Å². The van der Waals surface area contributed by atoms with Gasteiger partial charge in [-0.1, -0.05) is 12.1 Å². The number of phenols is 1. The molecule has 0 saturated carbocycles. The lowest BCUT2D eigenvalue weighted by Gasteiger charge is -2.22. The summed E-state index contributed by atoms with van der Waals surface area (Å²) >= 11 is 0. The van der Waals surface area contributed by atoms with Gasteiger partial charge in [-0.25, -0.2) is 9.97 Å². The van der Waals surface area contributed by atoms with E-state index in [4.69, 9.17) is 4.74 Å². The number of ether oxygens (including phenoxy) is 1. The molecule has 1 N–H and O–H groups in total. The molecule has 0 amide bonds. The summed E-state index contributed by atoms with van der Waals surface area (Å²) in [4.78, 5) is 11.2. The van der Waals surface area contributed by atoms with E-state index < -0.39 is 0 Å². The van der Waals surface area contributed by atoms with Crippen LogP contribution in [0.3, 0.4) is 0 Å². The molecule has 116 valence electrons. The first-order chi connectivity index (χ1) is 10.6. The fourth-order valence-electron chi connectivity index (χ4n) is 2.74. The Kier molecular flexibility index (Phi) is 4.24. The first-order valence-electron chi connectivity index (χ1n) is 7.56. The van der Waals surface area contributed by atoms with Crippen LogP contribution in [0.4, 0.5) is 5.82 Å². The lowest BCUT2D eigenvalue weighted by Crippen LogP contribution is -2.26. The van der Waals surface area contributed by atoms with Crippen molar-refractivity contribution in [3.63, 3.8) is 0 Å². The molecule has 1 fully saturated rings. The highest BCUT2D eigenvalue weighted by molar-refractivity contribution is 5.65. The first-order valence-corrected chi connectivity index (χ1v) is 7.56. The molecule has 0 unspecified atom stereocenters. The van der Waals surface area contributed by atoms with E-state index in [0.717, 1.165) is 37.7 Å². The number of hydrogen-bond acceptors (Lipinski definition) is 5.